The molecular formula is C19H32N2. The highest BCUT2D eigenvalue weighted by atomic mass is 15.1. The first-order valence-electron chi connectivity index (χ1n) is 8.51. The summed E-state index contributed by atoms with van der Waals surface area (Å²) in [5, 5.41) is 3.57. The molecular weight excluding hydrogens is 256 g/mol. The summed E-state index contributed by atoms with van der Waals surface area (Å²) in [5.41, 5.74) is 3.03. The zero-order valence-electron chi connectivity index (χ0n) is 14.3. The van der Waals surface area contributed by atoms with Crippen LogP contribution in [0.2, 0.25) is 0 Å². The third kappa shape index (κ3) is 5.80. The van der Waals surface area contributed by atoms with E-state index in [1.807, 2.05) is 0 Å². The molecule has 1 saturated heterocycles. The highest BCUT2D eigenvalue weighted by Gasteiger charge is 2.18. The van der Waals surface area contributed by atoms with Gasteiger partial charge in [0.15, 0.2) is 0 Å². The maximum atomic E-state index is 3.57. The fourth-order valence-electron chi connectivity index (χ4n) is 3.09. The van der Waals surface area contributed by atoms with Crippen LogP contribution >= 0.6 is 0 Å². The quantitative estimate of drug-likeness (QED) is 0.873. The summed E-state index contributed by atoms with van der Waals surface area (Å²) < 4.78 is 0. The Kier molecular flexibility index (Phi) is 5.83. The van der Waals surface area contributed by atoms with Crippen molar-refractivity contribution in [3.63, 3.8) is 0 Å². The summed E-state index contributed by atoms with van der Waals surface area (Å²) in [6.07, 6.45) is 4.11. The van der Waals surface area contributed by atoms with Crippen LogP contribution in [0.15, 0.2) is 24.3 Å². The van der Waals surface area contributed by atoms with Crippen LogP contribution < -0.4 is 5.32 Å². The number of piperidine rings is 1. The standard InChI is InChI=1S/C19H32N2/c1-5-16-10-7-11-21(14-16)15-18-9-6-8-17(12-18)13-20-19(2,3)4/h6,8-9,12,16,20H,5,7,10-11,13-15H2,1-4H3. The zero-order valence-corrected chi connectivity index (χ0v) is 14.3. The smallest absolute Gasteiger partial charge is 0.0233 e. The molecule has 0 aromatic heterocycles. The second-order valence-corrected chi connectivity index (χ2v) is 7.58. The van der Waals surface area contributed by atoms with Crippen molar-refractivity contribution < 1.29 is 0 Å². The lowest BCUT2D eigenvalue weighted by Gasteiger charge is -2.32. The average Bonchev–Trinajstić information content (AvgIpc) is 2.45. The lowest BCUT2D eigenvalue weighted by molar-refractivity contribution is 0.164. The minimum absolute atomic E-state index is 0.178. The van der Waals surface area contributed by atoms with Crippen LogP contribution in [0.1, 0.15) is 58.1 Å². The van der Waals surface area contributed by atoms with E-state index in [1.54, 1.807) is 0 Å². The SMILES string of the molecule is CCC1CCCN(Cc2cccc(CNC(C)(C)C)c2)C1. The first-order chi connectivity index (χ1) is 9.96. The van der Waals surface area contributed by atoms with Gasteiger partial charge in [-0.05, 0) is 57.2 Å². The van der Waals surface area contributed by atoms with Gasteiger partial charge in [-0.3, -0.25) is 4.90 Å². The van der Waals surface area contributed by atoms with Gasteiger partial charge in [0.2, 0.25) is 0 Å². The molecule has 0 saturated carbocycles. The van der Waals surface area contributed by atoms with E-state index in [0.717, 1.165) is 19.0 Å². The Morgan fingerprint density at radius 3 is 2.71 bits per heavy atom. The maximum absolute atomic E-state index is 3.57. The number of rotatable bonds is 5. The first-order valence-corrected chi connectivity index (χ1v) is 8.51. The average molecular weight is 288 g/mol. The molecule has 0 amide bonds. The molecule has 118 valence electrons. The lowest BCUT2D eigenvalue weighted by Crippen LogP contribution is -2.35. The topological polar surface area (TPSA) is 15.3 Å². The van der Waals surface area contributed by atoms with E-state index in [9.17, 15) is 0 Å². The van der Waals surface area contributed by atoms with Crippen molar-refractivity contribution in [2.45, 2.75) is 65.6 Å². The van der Waals surface area contributed by atoms with Crippen molar-refractivity contribution in [2.24, 2.45) is 5.92 Å². The predicted octanol–water partition coefficient (Wildman–Crippen LogP) is 4.20. The van der Waals surface area contributed by atoms with Crippen molar-refractivity contribution in [3.8, 4) is 0 Å². The molecule has 1 unspecified atom stereocenters. The van der Waals surface area contributed by atoms with Gasteiger partial charge in [-0.1, -0.05) is 37.6 Å². The van der Waals surface area contributed by atoms with Gasteiger partial charge in [0.05, 0.1) is 0 Å². The van der Waals surface area contributed by atoms with Crippen molar-refractivity contribution >= 4 is 0 Å². The van der Waals surface area contributed by atoms with Crippen molar-refractivity contribution in [2.75, 3.05) is 13.1 Å². The van der Waals surface area contributed by atoms with Gasteiger partial charge >= 0.3 is 0 Å². The van der Waals surface area contributed by atoms with Crippen LogP contribution in [-0.2, 0) is 13.1 Å². The van der Waals surface area contributed by atoms with Crippen LogP contribution in [0.5, 0.6) is 0 Å². The Bertz CT molecular complexity index is 433. The summed E-state index contributed by atoms with van der Waals surface area (Å²) in [4.78, 5) is 2.63. The number of hydrogen-bond donors (Lipinski definition) is 1. The van der Waals surface area contributed by atoms with E-state index in [0.29, 0.717) is 0 Å². The fourth-order valence-corrected chi connectivity index (χ4v) is 3.09. The molecule has 2 nitrogen and oxygen atoms in total. The van der Waals surface area contributed by atoms with E-state index in [-0.39, 0.29) is 5.54 Å². The Morgan fingerprint density at radius 1 is 1.24 bits per heavy atom. The molecule has 1 fully saturated rings. The molecule has 0 radical (unpaired) electrons. The number of likely N-dealkylation sites (tertiary alicyclic amines) is 1. The maximum Gasteiger partial charge on any atom is 0.0233 e. The largest absolute Gasteiger partial charge is 0.308 e. The molecule has 1 aliphatic rings. The predicted molar refractivity (Wildman–Crippen MR) is 91.3 cm³/mol. The second kappa shape index (κ2) is 7.42. The molecule has 21 heavy (non-hydrogen) atoms. The Morgan fingerprint density at radius 2 is 2.00 bits per heavy atom. The van der Waals surface area contributed by atoms with E-state index in [4.69, 9.17) is 0 Å². The van der Waals surface area contributed by atoms with E-state index >= 15 is 0 Å². The summed E-state index contributed by atoms with van der Waals surface area (Å²) in [7, 11) is 0. The van der Waals surface area contributed by atoms with Crippen molar-refractivity contribution in [1.82, 2.24) is 10.2 Å². The molecule has 1 atom stereocenters. The minimum Gasteiger partial charge on any atom is -0.308 e. The van der Waals surface area contributed by atoms with Gasteiger partial charge in [0, 0.05) is 25.2 Å². The van der Waals surface area contributed by atoms with E-state index in [2.05, 4.69) is 62.2 Å². The Labute approximate surface area is 130 Å². The molecule has 2 rings (SSSR count). The minimum atomic E-state index is 0.178. The van der Waals surface area contributed by atoms with Gasteiger partial charge in [-0.25, -0.2) is 0 Å². The number of nitrogens with one attached hydrogen (secondary N) is 1. The zero-order chi connectivity index (χ0) is 15.3. The van der Waals surface area contributed by atoms with Gasteiger partial charge in [-0.2, -0.15) is 0 Å². The molecule has 1 heterocycles. The Hall–Kier alpha value is -0.860. The molecule has 1 N–H and O–H groups in total. The van der Waals surface area contributed by atoms with Gasteiger partial charge in [0.25, 0.3) is 0 Å². The number of hydrogen-bond acceptors (Lipinski definition) is 2. The van der Waals surface area contributed by atoms with Gasteiger partial charge in [-0.15, -0.1) is 0 Å². The molecule has 1 aliphatic heterocycles. The summed E-state index contributed by atoms with van der Waals surface area (Å²) in [5.74, 6) is 0.907. The number of benzene rings is 1. The molecule has 0 aliphatic carbocycles. The molecule has 0 bridgehead atoms. The van der Waals surface area contributed by atoms with Crippen molar-refractivity contribution in [3.05, 3.63) is 35.4 Å². The fraction of sp³-hybridized carbons (Fsp3) is 0.684. The third-order valence-corrected chi connectivity index (χ3v) is 4.40. The van der Waals surface area contributed by atoms with Crippen LogP contribution in [0.25, 0.3) is 0 Å². The van der Waals surface area contributed by atoms with Crippen molar-refractivity contribution in [1.29, 1.82) is 0 Å². The van der Waals surface area contributed by atoms with Crippen LogP contribution in [0, 0.1) is 5.92 Å². The molecule has 2 heteroatoms. The molecule has 1 aromatic rings. The number of nitrogens with zero attached hydrogens (tertiary/aromatic N) is 1. The molecule has 0 spiro atoms. The highest BCUT2D eigenvalue weighted by molar-refractivity contribution is 5.23. The van der Waals surface area contributed by atoms with Crippen LogP contribution in [0.4, 0.5) is 0 Å². The van der Waals surface area contributed by atoms with Gasteiger partial charge < -0.3 is 5.32 Å². The molecule has 1 aromatic carbocycles. The first kappa shape index (κ1) is 16.5. The normalized spacial score (nSPS) is 20.7. The van der Waals surface area contributed by atoms with Gasteiger partial charge in [0.1, 0.15) is 0 Å². The highest BCUT2D eigenvalue weighted by Crippen LogP contribution is 2.21. The third-order valence-electron chi connectivity index (χ3n) is 4.40. The van der Waals surface area contributed by atoms with Crippen LogP contribution in [0.3, 0.4) is 0 Å². The van der Waals surface area contributed by atoms with E-state index in [1.165, 1.54) is 43.5 Å². The monoisotopic (exact) mass is 288 g/mol. The summed E-state index contributed by atoms with van der Waals surface area (Å²) in [6, 6.07) is 9.08. The summed E-state index contributed by atoms with van der Waals surface area (Å²) in [6.45, 7) is 13.6. The Balaban J connectivity index is 1.91. The van der Waals surface area contributed by atoms with E-state index < -0.39 is 0 Å². The van der Waals surface area contributed by atoms with Crippen LogP contribution in [-0.4, -0.2) is 23.5 Å². The lowest BCUT2D eigenvalue weighted by atomic mass is 9.95. The second-order valence-electron chi connectivity index (χ2n) is 7.58. The summed E-state index contributed by atoms with van der Waals surface area (Å²) >= 11 is 0.